The molecule has 0 fully saturated rings. The van der Waals surface area contributed by atoms with Gasteiger partial charge in [0.05, 0.1) is 34.1 Å². The number of para-hydroxylation sites is 2. The highest BCUT2D eigenvalue weighted by Crippen LogP contribution is 2.34. The Kier molecular flexibility index (Phi) is 7.66. The Labute approximate surface area is 217 Å². The first-order chi connectivity index (χ1) is 17.8. The molecule has 0 radical (unpaired) electrons. The van der Waals surface area contributed by atoms with Gasteiger partial charge in [0.25, 0.3) is 5.91 Å². The van der Waals surface area contributed by atoms with Gasteiger partial charge in [0.1, 0.15) is 17.6 Å². The largest absolute Gasteiger partial charge is 0.491 e. The molecule has 9 heteroatoms. The van der Waals surface area contributed by atoms with Crippen LogP contribution in [0.2, 0.25) is 5.02 Å². The molecule has 1 aromatic heterocycles. The van der Waals surface area contributed by atoms with Gasteiger partial charge in [-0.1, -0.05) is 23.7 Å². The highest BCUT2D eigenvalue weighted by atomic mass is 35.5. The smallest absolute Gasteiger partial charge is 0.303 e. The lowest BCUT2D eigenvalue weighted by atomic mass is 10.0. The molecule has 0 unspecified atom stereocenters. The molecule has 0 saturated carbocycles. The summed E-state index contributed by atoms with van der Waals surface area (Å²) in [7, 11) is 1.60. The molecule has 4 rings (SSSR count). The Balaban J connectivity index is 1.67. The van der Waals surface area contributed by atoms with E-state index in [-0.39, 0.29) is 30.2 Å². The van der Waals surface area contributed by atoms with Crippen LogP contribution in [0.4, 0.5) is 10.1 Å². The summed E-state index contributed by atoms with van der Waals surface area (Å²) in [6.07, 6.45) is 0.307. The molecule has 0 spiro atoms. The Morgan fingerprint density at radius 1 is 1.14 bits per heavy atom. The molecule has 0 saturated heterocycles. The summed E-state index contributed by atoms with van der Waals surface area (Å²) < 4.78 is 19.4. The average Bonchev–Trinajstić information content (AvgIpc) is 2.90. The molecule has 3 aromatic carbocycles. The van der Waals surface area contributed by atoms with Crippen LogP contribution in [-0.4, -0.2) is 35.6 Å². The molecule has 0 atom stereocenters. The van der Waals surface area contributed by atoms with E-state index in [0.717, 1.165) is 0 Å². The highest BCUT2D eigenvalue weighted by Gasteiger charge is 2.20. The highest BCUT2D eigenvalue weighted by molar-refractivity contribution is 6.33. The van der Waals surface area contributed by atoms with Crippen LogP contribution in [0.15, 0.2) is 66.7 Å². The van der Waals surface area contributed by atoms with Gasteiger partial charge < -0.3 is 14.7 Å². The number of carbonyl (C=O) groups excluding carboxylic acids is 1. The van der Waals surface area contributed by atoms with Gasteiger partial charge in [0, 0.05) is 30.0 Å². The third-order valence-corrected chi connectivity index (χ3v) is 6.02. The summed E-state index contributed by atoms with van der Waals surface area (Å²) in [5.41, 5.74) is 2.15. The van der Waals surface area contributed by atoms with Crippen LogP contribution < -0.4 is 9.64 Å². The van der Waals surface area contributed by atoms with E-state index in [1.165, 1.54) is 29.2 Å². The van der Waals surface area contributed by atoms with Crippen LogP contribution in [0.25, 0.3) is 22.2 Å². The number of pyridine rings is 1. The lowest BCUT2D eigenvalue weighted by Gasteiger charge is -2.21. The number of nitrogens with zero attached hydrogens (tertiary/aromatic N) is 3. The summed E-state index contributed by atoms with van der Waals surface area (Å²) in [4.78, 5) is 30.1. The van der Waals surface area contributed by atoms with E-state index in [4.69, 9.17) is 21.4 Å². The average molecular weight is 518 g/mol. The summed E-state index contributed by atoms with van der Waals surface area (Å²) in [6, 6.07) is 19.3. The van der Waals surface area contributed by atoms with E-state index in [0.29, 0.717) is 44.9 Å². The first kappa shape index (κ1) is 25.6. The van der Waals surface area contributed by atoms with Crippen LogP contribution >= 0.6 is 11.6 Å². The molecule has 186 valence electrons. The van der Waals surface area contributed by atoms with Crippen molar-refractivity contribution in [3.8, 4) is 23.1 Å². The topological polar surface area (TPSA) is 104 Å². The number of fused-ring (bicyclic) bond motifs is 1. The molecule has 4 aromatic rings. The second-order valence-corrected chi connectivity index (χ2v) is 8.61. The molecular weight excluding hydrogens is 497 g/mol. The first-order valence-corrected chi connectivity index (χ1v) is 11.7. The molecule has 1 amide bonds. The maximum atomic E-state index is 13.7. The molecule has 0 aliphatic heterocycles. The summed E-state index contributed by atoms with van der Waals surface area (Å²) in [6.45, 7) is 0.185. The van der Waals surface area contributed by atoms with Crippen molar-refractivity contribution in [1.82, 2.24) is 4.98 Å². The minimum absolute atomic E-state index is 0.0209. The minimum Gasteiger partial charge on any atom is -0.491 e. The normalized spacial score (nSPS) is 10.6. The number of rotatable bonds is 8. The number of aliphatic carboxylic acids is 1. The molecule has 0 aliphatic carbocycles. The zero-order valence-electron chi connectivity index (χ0n) is 19.7. The van der Waals surface area contributed by atoms with E-state index < -0.39 is 11.8 Å². The van der Waals surface area contributed by atoms with Crippen molar-refractivity contribution in [1.29, 1.82) is 5.26 Å². The van der Waals surface area contributed by atoms with Gasteiger partial charge in [-0.05, 0) is 61.0 Å². The van der Waals surface area contributed by atoms with Crippen molar-refractivity contribution >= 4 is 40.1 Å². The first-order valence-electron chi connectivity index (χ1n) is 11.3. The maximum Gasteiger partial charge on any atom is 0.303 e. The summed E-state index contributed by atoms with van der Waals surface area (Å²) in [5, 5.41) is 19.3. The lowest BCUT2D eigenvalue weighted by Crippen LogP contribution is -2.26. The summed E-state index contributed by atoms with van der Waals surface area (Å²) >= 11 is 6.46. The monoisotopic (exact) mass is 517 g/mol. The fourth-order valence-corrected chi connectivity index (χ4v) is 4.05. The fraction of sp³-hybridized carbons (Fsp3) is 0.143. The van der Waals surface area contributed by atoms with Crippen molar-refractivity contribution < 1.29 is 23.8 Å². The maximum absolute atomic E-state index is 13.7. The van der Waals surface area contributed by atoms with E-state index in [1.54, 1.807) is 49.5 Å². The van der Waals surface area contributed by atoms with Crippen LogP contribution in [0.3, 0.4) is 0 Å². The SMILES string of the molecule is CN(C(=O)c1ccc(Cl)c(-c2nc3ccc(F)cc3cc2C#N)c1)c1ccccc1OCCCC(=O)O. The molecule has 7 nitrogen and oxygen atoms in total. The molecule has 1 N–H and O–H groups in total. The Hall–Kier alpha value is -4.48. The number of hydrogen-bond donors (Lipinski definition) is 1. The van der Waals surface area contributed by atoms with Crippen LogP contribution in [0, 0.1) is 17.1 Å². The number of carbonyl (C=O) groups is 2. The third-order valence-electron chi connectivity index (χ3n) is 5.69. The van der Waals surface area contributed by atoms with Crippen LogP contribution in [-0.2, 0) is 4.79 Å². The Morgan fingerprint density at radius 3 is 2.68 bits per heavy atom. The van der Waals surface area contributed by atoms with Gasteiger partial charge in [-0.2, -0.15) is 5.26 Å². The predicted molar refractivity (Wildman–Crippen MR) is 138 cm³/mol. The molecular formula is C28H21ClFN3O4. The van der Waals surface area contributed by atoms with Gasteiger partial charge in [0.2, 0.25) is 0 Å². The van der Waals surface area contributed by atoms with Crippen molar-refractivity contribution in [3.63, 3.8) is 0 Å². The quantitative estimate of drug-likeness (QED) is 0.284. The van der Waals surface area contributed by atoms with Crippen molar-refractivity contribution in [2.45, 2.75) is 12.8 Å². The summed E-state index contributed by atoms with van der Waals surface area (Å²) in [5.74, 6) is -1.27. The van der Waals surface area contributed by atoms with Crippen molar-refractivity contribution in [2.75, 3.05) is 18.6 Å². The molecule has 1 heterocycles. The number of carboxylic acid groups (broad SMARTS) is 1. The Morgan fingerprint density at radius 2 is 1.92 bits per heavy atom. The van der Waals surface area contributed by atoms with Crippen molar-refractivity contribution in [3.05, 3.63) is 88.7 Å². The number of anilines is 1. The van der Waals surface area contributed by atoms with Gasteiger partial charge in [-0.3, -0.25) is 9.59 Å². The standard InChI is InChI=1S/C28H21ClFN3O4/c1-33(24-5-2-3-6-25(24)37-12-4-7-26(34)35)28(36)17-8-10-22(29)21(15-17)27-19(16-31)13-18-14-20(30)9-11-23(18)32-27/h2-3,5-6,8-11,13-15H,4,7,12H2,1H3,(H,34,35). The second kappa shape index (κ2) is 11.1. The number of halogens is 2. The molecule has 0 bridgehead atoms. The number of aromatic nitrogens is 1. The third kappa shape index (κ3) is 5.68. The number of nitriles is 1. The second-order valence-electron chi connectivity index (χ2n) is 8.21. The van der Waals surface area contributed by atoms with E-state index in [2.05, 4.69) is 11.1 Å². The van der Waals surface area contributed by atoms with Gasteiger partial charge >= 0.3 is 5.97 Å². The number of amides is 1. The Bertz CT molecular complexity index is 1550. The van der Waals surface area contributed by atoms with Gasteiger partial charge in [-0.15, -0.1) is 0 Å². The number of benzene rings is 3. The van der Waals surface area contributed by atoms with Gasteiger partial charge in [0.15, 0.2) is 0 Å². The fourth-order valence-electron chi connectivity index (χ4n) is 3.84. The van der Waals surface area contributed by atoms with Gasteiger partial charge in [-0.25, -0.2) is 9.37 Å². The zero-order chi connectivity index (χ0) is 26.5. The van der Waals surface area contributed by atoms with E-state index >= 15 is 0 Å². The van der Waals surface area contributed by atoms with Crippen LogP contribution in [0.5, 0.6) is 5.75 Å². The molecule has 37 heavy (non-hydrogen) atoms. The number of hydrogen-bond acceptors (Lipinski definition) is 5. The molecule has 0 aliphatic rings. The minimum atomic E-state index is -0.907. The predicted octanol–water partition coefficient (Wildman–Crippen LogP) is 6.09. The van der Waals surface area contributed by atoms with E-state index in [9.17, 15) is 19.2 Å². The zero-order valence-corrected chi connectivity index (χ0v) is 20.5. The van der Waals surface area contributed by atoms with Crippen LogP contribution in [0.1, 0.15) is 28.8 Å². The van der Waals surface area contributed by atoms with E-state index in [1.807, 2.05) is 0 Å². The number of carboxylic acids is 1. The van der Waals surface area contributed by atoms with Crippen molar-refractivity contribution in [2.24, 2.45) is 0 Å². The lowest BCUT2D eigenvalue weighted by molar-refractivity contribution is -0.137. The number of ether oxygens (including phenoxy) is 1.